The molecule has 0 aliphatic carbocycles. The van der Waals surface area contributed by atoms with Crippen LogP contribution in [-0.2, 0) is 6.42 Å². The van der Waals surface area contributed by atoms with Crippen LogP contribution in [-0.4, -0.2) is 4.98 Å². The molecule has 2 nitrogen and oxygen atoms in total. The summed E-state index contributed by atoms with van der Waals surface area (Å²) in [6, 6.07) is 11.6. The maximum Gasteiger partial charge on any atom is 0.0409 e. The molecule has 2 N–H and O–H groups in total. The number of nitrogens with zero attached hydrogens (tertiary/aromatic N) is 1. The monoisotopic (exact) mass is 232 g/mol. The van der Waals surface area contributed by atoms with E-state index in [1.165, 1.54) is 5.56 Å². The highest BCUT2D eigenvalue weighted by Gasteiger charge is 2.07. The third kappa shape index (κ3) is 2.81. The Bertz CT molecular complexity index is 456. The van der Waals surface area contributed by atoms with Crippen molar-refractivity contribution in [3.8, 4) is 0 Å². The van der Waals surface area contributed by atoms with E-state index in [0.717, 1.165) is 17.0 Å². The number of rotatable bonds is 3. The molecule has 0 aliphatic heterocycles. The minimum atomic E-state index is -0.0268. The van der Waals surface area contributed by atoms with E-state index in [9.17, 15) is 0 Å². The van der Waals surface area contributed by atoms with E-state index in [1.807, 2.05) is 36.4 Å². The highest BCUT2D eigenvalue weighted by atomic mass is 35.5. The molecule has 1 heterocycles. The van der Waals surface area contributed by atoms with Crippen molar-refractivity contribution in [3.63, 3.8) is 0 Å². The second-order valence-electron chi connectivity index (χ2n) is 3.72. The third-order valence-electron chi connectivity index (χ3n) is 2.48. The largest absolute Gasteiger partial charge is 0.324 e. The maximum atomic E-state index is 6.12. The van der Waals surface area contributed by atoms with Crippen LogP contribution < -0.4 is 5.73 Å². The summed E-state index contributed by atoms with van der Waals surface area (Å²) >= 11 is 5.93. The fourth-order valence-corrected chi connectivity index (χ4v) is 1.83. The summed E-state index contributed by atoms with van der Waals surface area (Å²) < 4.78 is 0. The molecule has 16 heavy (non-hydrogen) atoms. The SMILES string of the molecule is N[C@H](Cc1ccncc1)c1cccc(Cl)c1. The Morgan fingerprint density at radius 1 is 1.19 bits per heavy atom. The van der Waals surface area contributed by atoms with Crippen LogP contribution in [0.5, 0.6) is 0 Å². The lowest BCUT2D eigenvalue weighted by molar-refractivity contribution is 0.721. The maximum absolute atomic E-state index is 6.12. The fourth-order valence-electron chi connectivity index (χ4n) is 1.63. The highest BCUT2D eigenvalue weighted by molar-refractivity contribution is 6.30. The number of hydrogen-bond acceptors (Lipinski definition) is 2. The molecule has 0 spiro atoms. The van der Waals surface area contributed by atoms with Gasteiger partial charge in [0, 0.05) is 23.5 Å². The van der Waals surface area contributed by atoms with Crippen molar-refractivity contribution >= 4 is 11.6 Å². The number of benzene rings is 1. The molecule has 0 saturated carbocycles. The quantitative estimate of drug-likeness (QED) is 0.884. The molecule has 3 heteroatoms. The Morgan fingerprint density at radius 3 is 2.62 bits per heavy atom. The van der Waals surface area contributed by atoms with E-state index in [1.54, 1.807) is 12.4 Å². The van der Waals surface area contributed by atoms with Gasteiger partial charge in [-0.25, -0.2) is 0 Å². The number of pyridine rings is 1. The second kappa shape index (κ2) is 5.10. The van der Waals surface area contributed by atoms with Gasteiger partial charge in [0.15, 0.2) is 0 Å². The Hall–Kier alpha value is -1.38. The van der Waals surface area contributed by atoms with Crippen molar-refractivity contribution in [2.45, 2.75) is 12.5 Å². The van der Waals surface area contributed by atoms with Gasteiger partial charge in [-0.05, 0) is 41.8 Å². The van der Waals surface area contributed by atoms with Crippen LogP contribution in [0.2, 0.25) is 5.02 Å². The Balaban J connectivity index is 2.12. The molecular formula is C13H13ClN2. The molecule has 0 radical (unpaired) electrons. The third-order valence-corrected chi connectivity index (χ3v) is 2.72. The molecule has 0 fully saturated rings. The first kappa shape index (κ1) is 11.1. The van der Waals surface area contributed by atoms with Crippen LogP contribution in [0.25, 0.3) is 0 Å². The van der Waals surface area contributed by atoms with Crippen LogP contribution in [0.15, 0.2) is 48.8 Å². The van der Waals surface area contributed by atoms with Crippen LogP contribution >= 0.6 is 11.6 Å². The van der Waals surface area contributed by atoms with Gasteiger partial charge >= 0.3 is 0 Å². The smallest absolute Gasteiger partial charge is 0.0409 e. The molecule has 0 bridgehead atoms. The second-order valence-corrected chi connectivity index (χ2v) is 4.16. The summed E-state index contributed by atoms with van der Waals surface area (Å²) in [5.41, 5.74) is 8.36. The van der Waals surface area contributed by atoms with Gasteiger partial charge in [0.1, 0.15) is 0 Å². The average molecular weight is 233 g/mol. The Morgan fingerprint density at radius 2 is 1.94 bits per heavy atom. The van der Waals surface area contributed by atoms with Crippen molar-refractivity contribution in [1.82, 2.24) is 4.98 Å². The van der Waals surface area contributed by atoms with E-state index in [-0.39, 0.29) is 6.04 Å². The average Bonchev–Trinajstić information content (AvgIpc) is 2.30. The molecule has 0 unspecified atom stereocenters. The van der Waals surface area contributed by atoms with Crippen LogP contribution in [0.1, 0.15) is 17.2 Å². The minimum Gasteiger partial charge on any atom is -0.324 e. The number of aromatic nitrogens is 1. The molecule has 1 aromatic heterocycles. The first-order valence-corrected chi connectivity index (χ1v) is 5.53. The lowest BCUT2D eigenvalue weighted by Gasteiger charge is -2.12. The van der Waals surface area contributed by atoms with E-state index in [2.05, 4.69) is 4.98 Å². The summed E-state index contributed by atoms with van der Waals surface area (Å²) in [5.74, 6) is 0. The Kier molecular flexibility index (Phi) is 3.54. The van der Waals surface area contributed by atoms with Crippen LogP contribution in [0, 0.1) is 0 Å². The predicted molar refractivity (Wildman–Crippen MR) is 66.3 cm³/mol. The van der Waals surface area contributed by atoms with Crippen LogP contribution in [0.3, 0.4) is 0 Å². The van der Waals surface area contributed by atoms with E-state index in [4.69, 9.17) is 17.3 Å². The molecule has 2 rings (SSSR count). The van der Waals surface area contributed by atoms with Gasteiger partial charge in [-0.3, -0.25) is 4.98 Å². The van der Waals surface area contributed by atoms with Crippen molar-refractivity contribution in [2.24, 2.45) is 5.73 Å². The van der Waals surface area contributed by atoms with Crippen molar-refractivity contribution in [2.75, 3.05) is 0 Å². The number of nitrogens with two attached hydrogens (primary N) is 1. The Labute approximate surface area is 100 Å². The summed E-state index contributed by atoms with van der Waals surface area (Å²) in [5, 5.41) is 0.725. The van der Waals surface area contributed by atoms with Crippen LogP contribution in [0.4, 0.5) is 0 Å². The summed E-state index contributed by atoms with van der Waals surface area (Å²) in [6.45, 7) is 0. The zero-order valence-corrected chi connectivity index (χ0v) is 9.56. The van der Waals surface area contributed by atoms with Crippen molar-refractivity contribution in [1.29, 1.82) is 0 Å². The summed E-state index contributed by atoms with van der Waals surface area (Å²) in [7, 11) is 0. The lowest BCUT2D eigenvalue weighted by Crippen LogP contribution is -2.13. The predicted octanol–water partition coefficient (Wildman–Crippen LogP) is 2.98. The van der Waals surface area contributed by atoms with Gasteiger partial charge in [0.25, 0.3) is 0 Å². The minimum absolute atomic E-state index is 0.0268. The first-order chi connectivity index (χ1) is 7.75. The summed E-state index contributed by atoms with van der Waals surface area (Å²) in [4.78, 5) is 3.98. The van der Waals surface area contributed by atoms with E-state index >= 15 is 0 Å². The van der Waals surface area contributed by atoms with Crippen molar-refractivity contribution < 1.29 is 0 Å². The van der Waals surface area contributed by atoms with Gasteiger partial charge < -0.3 is 5.73 Å². The lowest BCUT2D eigenvalue weighted by atomic mass is 10.0. The zero-order valence-electron chi connectivity index (χ0n) is 8.81. The fraction of sp³-hybridized carbons (Fsp3) is 0.154. The molecule has 2 aromatic rings. The molecule has 1 atom stereocenters. The van der Waals surface area contributed by atoms with Gasteiger partial charge in [0.05, 0.1) is 0 Å². The van der Waals surface area contributed by atoms with E-state index < -0.39 is 0 Å². The molecule has 0 amide bonds. The molecule has 0 saturated heterocycles. The van der Waals surface area contributed by atoms with Gasteiger partial charge in [0.2, 0.25) is 0 Å². The molecule has 1 aromatic carbocycles. The zero-order chi connectivity index (χ0) is 11.4. The number of hydrogen-bond donors (Lipinski definition) is 1. The van der Waals surface area contributed by atoms with E-state index in [0.29, 0.717) is 0 Å². The number of halogens is 1. The highest BCUT2D eigenvalue weighted by Crippen LogP contribution is 2.19. The van der Waals surface area contributed by atoms with Crippen molar-refractivity contribution in [3.05, 3.63) is 64.9 Å². The normalized spacial score (nSPS) is 12.4. The molecular weight excluding hydrogens is 220 g/mol. The molecule has 82 valence electrons. The molecule has 0 aliphatic rings. The topological polar surface area (TPSA) is 38.9 Å². The van der Waals surface area contributed by atoms with Gasteiger partial charge in [-0.1, -0.05) is 23.7 Å². The van der Waals surface area contributed by atoms with Gasteiger partial charge in [-0.2, -0.15) is 0 Å². The summed E-state index contributed by atoms with van der Waals surface area (Å²) in [6.07, 6.45) is 4.35. The van der Waals surface area contributed by atoms with Gasteiger partial charge in [-0.15, -0.1) is 0 Å². The standard InChI is InChI=1S/C13H13ClN2/c14-12-3-1-2-11(9-12)13(15)8-10-4-6-16-7-5-10/h1-7,9,13H,8,15H2/t13-/m1/s1. The first-order valence-electron chi connectivity index (χ1n) is 5.15.